The number of hydrogen-bond donors (Lipinski definition) is 1. The molecule has 16 heavy (non-hydrogen) atoms. The fraction of sp³-hybridized carbons (Fsp3) is 0.385. The third-order valence-electron chi connectivity index (χ3n) is 3.29. The number of nitrogens with zero attached hydrogens (tertiary/aromatic N) is 2. The van der Waals surface area contributed by atoms with Gasteiger partial charge in [-0.1, -0.05) is 25.1 Å². The molecule has 3 nitrogen and oxygen atoms in total. The number of aromatic nitrogens is 2. The lowest BCUT2D eigenvalue weighted by Crippen LogP contribution is -2.07. The van der Waals surface area contributed by atoms with Crippen LogP contribution in [-0.4, -0.2) is 16.5 Å². The minimum atomic E-state index is 0.748. The highest BCUT2D eigenvalue weighted by molar-refractivity contribution is 5.78. The smallest absolute Gasteiger partial charge is 0.223 e. The summed E-state index contributed by atoms with van der Waals surface area (Å²) in [4.78, 5) is 8.79. The molecule has 0 saturated heterocycles. The minimum absolute atomic E-state index is 0.748. The Bertz CT molecular complexity index is 509. The largest absolute Gasteiger partial charge is 0.354 e. The van der Waals surface area contributed by atoms with Crippen molar-refractivity contribution in [1.29, 1.82) is 0 Å². The van der Waals surface area contributed by atoms with Crippen molar-refractivity contribution < 1.29 is 0 Å². The predicted octanol–water partition coefficient (Wildman–Crippen LogP) is 2.70. The van der Waals surface area contributed by atoms with Gasteiger partial charge in [-0.2, -0.15) is 0 Å². The topological polar surface area (TPSA) is 37.8 Å². The van der Waals surface area contributed by atoms with Crippen LogP contribution < -0.4 is 5.32 Å². The van der Waals surface area contributed by atoms with E-state index in [4.69, 9.17) is 0 Å². The molecule has 1 fully saturated rings. The Kier molecular flexibility index (Phi) is 2.24. The van der Waals surface area contributed by atoms with Crippen molar-refractivity contribution in [3.63, 3.8) is 0 Å². The third-order valence-corrected chi connectivity index (χ3v) is 3.29. The van der Waals surface area contributed by atoms with Crippen LogP contribution in [0.3, 0.4) is 0 Å². The van der Waals surface area contributed by atoms with E-state index in [0.29, 0.717) is 0 Å². The summed E-state index contributed by atoms with van der Waals surface area (Å²) in [5.74, 6) is 2.43. The van der Waals surface area contributed by atoms with E-state index in [-0.39, 0.29) is 0 Å². The summed E-state index contributed by atoms with van der Waals surface area (Å²) in [6.07, 6.45) is 3.21. The molecule has 2 aromatic rings. The second kappa shape index (κ2) is 3.74. The second-order valence-electron chi connectivity index (χ2n) is 4.61. The van der Waals surface area contributed by atoms with Gasteiger partial charge in [-0.05, 0) is 24.3 Å². The molecule has 1 aromatic heterocycles. The van der Waals surface area contributed by atoms with Crippen LogP contribution >= 0.6 is 0 Å². The molecule has 1 saturated carbocycles. The van der Waals surface area contributed by atoms with Crippen molar-refractivity contribution in [2.75, 3.05) is 11.9 Å². The Balaban J connectivity index is 1.77. The van der Waals surface area contributed by atoms with Crippen molar-refractivity contribution in [2.45, 2.75) is 13.3 Å². The first-order valence-electron chi connectivity index (χ1n) is 5.78. The minimum Gasteiger partial charge on any atom is -0.354 e. The van der Waals surface area contributed by atoms with E-state index in [1.165, 1.54) is 6.42 Å². The van der Waals surface area contributed by atoms with Gasteiger partial charge in [-0.25, -0.2) is 9.97 Å². The molecule has 0 radical (unpaired) electrons. The van der Waals surface area contributed by atoms with Gasteiger partial charge in [0.05, 0.1) is 5.52 Å². The van der Waals surface area contributed by atoms with Crippen LogP contribution in [0.4, 0.5) is 5.95 Å². The summed E-state index contributed by atoms with van der Waals surface area (Å²) in [7, 11) is 0. The SMILES string of the molecule is CC1CC1CNc1ncc2ccccc2n1. The first-order valence-corrected chi connectivity index (χ1v) is 5.78. The Morgan fingerprint density at radius 1 is 1.38 bits per heavy atom. The highest BCUT2D eigenvalue weighted by Crippen LogP contribution is 2.37. The van der Waals surface area contributed by atoms with E-state index >= 15 is 0 Å². The maximum atomic E-state index is 4.48. The lowest BCUT2D eigenvalue weighted by atomic mass is 10.2. The summed E-state index contributed by atoms with van der Waals surface area (Å²) in [5, 5.41) is 4.40. The van der Waals surface area contributed by atoms with Crippen LogP contribution in [-0.2, 0) is 0 Å². The summed E-state index contributed by atoms with van der Waals surface area (Å²) < 4.78 is 0. The molecule has 1 aliphatic carbocycles. The molecular formula is C13H15N3. The molecule has 82 valence electrons. The molecule has 1 aromatic carbocycles. The van der Waals surface area contributed by atoms with Crippen LogP contribution in [0, 0.1) is 11.8 Å². The molecule has 0 bridgehead atoms. The van der Waals surface area contributed by atoms with Gasteiger partial charge in [0.1, 0.15) is 0 Å². The molecule has 3 rings (SSSR count). The van der Waals surface area contributed by atoms with Crippen molar-refractivity contribution in [1.82, 2.24) is 9.97 Å². The standard InChI is InChI=1S/C13H15N3/c1-9-6-11(9)8-15-13-14-7-10-4-2-3-5-12(10)16-13/h2-5,7,9,11H,6,8H2,1H3,(H,14,15,16). The molecule has 0 spiro atoms. The second-order valence-corrected chi connectivity index (χ2v) is 4.61. The maximum Gasteiger partial charge on any atom is 0.223 e. The summed E-state index contributed by atoms with van der Waals surface area (Å²) in [6, 6.07) is 8.05. The van der Waals surface area contributed by atoms with Gasteiger partial charge in [0.25, 0.3) is 0 Å². The van der Waals surface area contributed by atoms with Crippen molar-refractivity contribution >= 4 is 16.9 Å². The summed E-state index contributed by atoms with van der Waals surface area (Å²) in [5.41, 5.74) is 1.00. The Labute approximate surface area is 94.9 Å². The monoisotopic (exact) mass is 213 g/mol. The van der Waals surface area contributed by atoms with Crippen molar-refractivity contribution in [3.05, 3.63) is 30.5 Å². The average Bonchev–Trinajstić information content (AvgIpc) is 3.03. The molecule has 0 amide bonds. The highest BCUT2D eigenvalue weighted by atomic mass is 15.1. The van der Waals surface area contributed by atoms with Gasteiger partial charge in [0, 0.05) is 18.1 Å². The van der Waals surface area contributed by atoms with E-state index in [9.17, 15) is 0 Å². The third kappa shape index (κ3) is 1.85. The normalized spacial score (nSPS) is 23.3. The molecule has 3 heteroatoms. The molecule has 1 heterocycles. The number of para-hydroxylation sites is 1. The summed E-state index contributed by atoms with van der Waals surface area (Å²) >= 11 is 0. The predicted molar refractivity (Wildman–Crippen MR) is 65.3 cm³/mol. The van der Waals surface area contributed by atoms with Crippen LogP contribution in [0.5, 0.6) is 0 Å². The fourth-order valence-corrected chi connectivity index (χ4v) is 1.96. The van der Waals surface area contributed by atoms with Crippen LogP contribution in [0.15, 0.2) is 30.5 Å². The zero-order valence-corrected chi connectivity index (χ0v) is 9.35. The molecular weight excluding hydrogens is 198 g/mol. The van der Waals surface area contributed by atoms with E-state index < -0.39 is 0 Å². The van der Waals surface area contributed by atoms with Gasteiger partial charge >= 0.3 is 0 Å². The van der Waals surface area contributed by atoms with Crippen LogP contribution in [0.25, 0.3) is 10.9 Å². The lowest BCUT2D eigenvalue weighted by Gasteiger charge is -2.04. The number of anilines is 1. The molecule has 1 aliphatic rings. The van der Waals surface area contributed by atoms with Gasteiger partial charge < -0.3 is 5.32 Å². The van der Waals surface area contributed by atoms with Gasteiger partial charge in [-0.3, -0.25) is 0 Å². The maximum absolute atomic E-state index is 4.48. The molecule has 2 atom stereocenters. The number of fused-ring (bicyclic) bond motifs is 1. The molecule has 1 N–H and O–H groups in total. The van der Waals surface area contributed by atoms with Crippen LogP contribution in [0.1, 0.15) is 13.3 Å². The van der Waals surface area contributed by atoms with Crippen LogP contribution in [0.2, 0.25) is 0 Å². The zero-order valence-electron chi connectivity index (χ0n) is 9.35. The number of hydrogen-bond acceptors (Lipinski definition) is 3. The fourth-order valence-electron chi connectivity index (χ4n) is 1.96. The first-order chi connectivity index (χ1) is 7.83. The highest BCUT2D eigenvalue weighted by Gasteiger charge is 2.31. The zero-order chi connectivity index (χ0) is 11.0. The van der Waals surface area contributed by atoms with Gasteiger partial charge in [0.2, 0.25) is 5.95 Å². The van der Waals surface area contributed by atoms with Crippen molar-refractivity contribution in [3.8, 4) is 0 Å². The Morgan fingerprint density at radius 3 is 3.00 bits per heavy atom. The summed E-state index contributed by atoms with van der Waals surface area (Å²) in [6.45, 7) is 3.28. The van der Waals surface area contributed by atoms with E-state index in [1.807, 2.05) is 30.5 Å². The molecule has 0 aliphatic heterocycles. The lowest BCUT2D eigenvalue weighted by molar-refractivity contribution is 0.781. The van der Waals surface area contributed by atoms with Gasteiger partial charge in [0.15, 0.2) is 0 Å². The van der Waals surface area contributed by atoms with Gasteiger partial charge in [-0.15, -0.1) is 0 Å². The average molecular weight is 213 g/mol. The molecule has 2 unspecified atom stereocenters. The van der Waals surface area contributed by atoms with E-state index in [2.05, 4.69) is 22.2 Å². The van der Waals surface area contributed by atoms with E-state index in [1.54, 1.807) is 0 Å². The Hall–Kier alpha value is -1.64. The quantitative estimate of drug-likeness (QED) is 0.851. The Morgan fingerprint density at radius 2 is 2.19 bits per heavy atom. The first kappa shape index (κ1) is 9.58. The number of benzene rings is 1. The van der Waals surface area contributed by atoms with E-state index in [0.717, 1.165) is 35.2 Å². The van der Waals surface area contributed by atoms with Crippen molar-refractivity contribution in [2.24, 2.45) is 11.8 Å². The number of rotatable bonds is 3. The number of nitrogens with one attached hydrogen (secondary N) is 1.